The molecule has 1 aromatic carbocycles. The Balaban J connectivity index is 1.23. The molecule has 6 nitrogen and oxygen atoms in total. The molecule has 2 aromatic heterocycles. The lowest BCUT2D eigenvalue weighted by Crippen LogP contribution is -2.52. The molecule has 39 heavy (non-hydrogen) atoms. The Hall–Kier alpha value is -3.07. The third kappa shape index (κ3) is 4.79. The maximum atomic E-state index is 14.4. The van der Waals surface area contributed by atoms with E-state index >= 15 is 0 Å². The van der Waals surface area contributed by atoms with Gasteiger partial charge in [-0.1, -0.05) is 24.3 Å². The van der Waals surface area contributed by atoms with Crippen LogP contribution in [0.1, 0.15) is 45.1 Å². The standard InChI is InChI=1S/C30H36F3N5O/c1-21(2)35-13-10-29(11-14-35,30(31,32)33)25-7-5-22(6-8-25)24-19-27-26(9-12-34-38(27)20-24)36-15-17-37(18-16-36)28(39)23-3-4-23/h5-9,12,19-21,23H,3-4,10-11,13-18H2,1-2H3. The topological polar surface area (TPSA) is 44.1 Å². The molecule has 6 rings (SSSR count). The number of aromatic nitrogens is 2. The highest BCUT2D eigenvalue weighted by Gasteiger charge is 2.56. The molecule has 0 radical (unpaired) electrons. The number of benzene rings is 1. The Morgan fingerprint density at radius 3 is 2.21 bits per heavy atom. The summed E-state index contributed by atoms with van der Waals surface area (Å²) in [5, 5.41) is 4.49. The van der Waals surface area contributed by atoms with Gasteiger partial charge in [0, 0.05) is 56.1 Å². The van der Waals surface area contributed by atoms with Crippen LogP contribution in [0.5, 0.6) is 0 Å². The van der Waals surface area contributed by atoms with Crippen LogP contribution in [0.4, 0.5) is 18.9 Å². The molecule has 0 N–H and O–H groups in total. The van der Waals surface area contributed by atoms with Gasteiger partial charge in [-0.25, -0.2) is 4.52 Å². The van der Waals surface area contributed by atoms with Crippen LogP contribution >= 0.6 is 0 Å². The van der Waals surface area contributed by atoms with Crippen LogP contribution in [0.25, 0.3) is 16.6 Å². The molecular weight excluding hydrogens is 503 g/mol. The largest absolute Gasteiger partial charge is 0.398 e. The van der Waals surface area contributed by atoms with Crippen molar-refractivity contribution >= 4 is 17.1 Å². The number of amides is 1. The summed E-state index contributed by atoms with van der Waals surface area (Å²) in [6, 6.07) is 11.3. The highest BCUT2D eigenvalue weighted by atomic mass is 19.4. The summed E-state index contributed by atoms with van der Waals surface area (Å²) in [6.07, 6.45) is 1.61. The van der Waals surface area contributed by atoms with Crippen LogP contribution in [0.3, 0.4) is 0 Å². The smallest absolute Gasteiger partial charge is 0.366 e. The predicted octanol–water partition coefficient (Wildman–Crippen LogP) is 5.36. The SMILES string of the molecule is CC(C)N1CCC(c2ccc(-c3cc4c(N5CCN(C(=O)C6CC6)CC5)ccnn4c3)cc2)(C(F)(F)F)CC1. The van der Waals surface area contributed by atoms with E-state index in [1.54, 1.807) is 18.3 Å². The summed E-state index contributed by atoms with van der Waals surface area (Å²) in [6.45, 7) is 7.93. The van der Waals surface area contributed by atoms with Crippen LogP contribution < -0.4 is 4.90 Å². The van der Waals surface area contributed by atoms with Crippen LogP contribution in [0.2, 0.25) is 0 Å². The Kier molecular flexibility index (Phi) is 6.60. The van der Waals surface area contributed by atoms with Gasteiger partial charge in [0.2, 0.25) is 5.91 Å². The van der Waals surface area contributed by atoms with Crippen molar-refractivity contribution in [1.82, 2.24) is 19.4 Å². The maximum absolute atomic E-state index is 14.4. The monoisotopic (exact) mass is 539 g/mol. The van der Waals surface area contributed by atoms with Gasteiger partial charge in [0.15, 0.2) is 0 Å². The molecule has 0 unspecified atom stereocenters. The van der Waals surface area contributed by atoms with Gasteiger partial charge in [-0.2, -0.15) is 18.3 Å². The Bertz CT molecular complexity index is 1330. The molecule has 0 atom stereocenters. The fraction of sp³-hybridized carbons (Fsp3) is 0.533. The number of hydrogen-bond donors (Lipinski definition) is 0. The first-order valence-electron chi connectivity index (χ1n) is 14.1. The van der Waals surface area contributed by atoms with Crippen LogP contribution in [-0.4, -0.2) is 76.8 Å². The number of rotatable bonds is 5. The first-order valence-corrected chi connectivity index (χ1v) is 14.1. The van der Waals surface area contributed by atoms with Crippen LogP contribution in [0, 0.1) is 5.92 Å². The molecule has 1 aliphatic carbocycles. The van der Waals surface area contributed by atoms with Gasteiger partial charge in [0.1, 0.15) is 0 Å². The van der Waals surface area contributed by atoms with E-state index in [1.807, 2.05) is 47.7 Å². The number of likely N-dealkylation sites (tertiary alicyclic amines) is 1. The van der Waals surface area contributed by atoms with E-state index in [-0.39, 0.29) is 24.8 Å². The molecule has 2 aliphatic heterocycles. The second-order valence-corrected chi connectivity index (χ2v) is 11.6. The number of anilines is 1. The zero-order chi connectivity index (χ0) is 27.4. The fourth-order valence-electron chi connectivity index (χ4n) is 6.32. The number of alkyl halides is 3. The molecule has 9 heteroatoms. The van der Waals surface area contributed by atoms with Gasteiger partial charge < -0.3 is 14.7 Å². The molecule has 3 fully saturated rings. The molecule has 4 heterocycles. The Morgan fingerprint density at radius 2 is 1.62 bits per heavy atom. The van der Waals surface area contributed by atoms with E-state index < -0.39 is 11.6 Å². The quantitative estimate of drug-likeness (QED) is 0.438. The zero-order valence-electron chi connectivity index (χ0n) is 22.6. The Labute approximate surface area is 227 Å². The number of fused-ring (bicyclic) bond motifs is 1. The van der Waals surface area contributed by atoms with Crippen molar-refractivity contribution in [3.63, 3.8) is 0 Å². The van der Waals surface area contributed by atoms with Gasteiger partial charge in [-0.05, 0) is 75.9 Å². The molecule has 0 spiro atoms. The minimum atomic E-state index is -4.30. The van der Waals surface area contributed by atoms with Gasteiger partial charge in [0.25, 0.3) is 0 Å². The molecule has 208 valence electrons. The van der Waals surface area contributed by atoms with Gasteiger partial charge in [-0.3, -0.25) is 4.79 Å². The molecule has 1 amide bonds. The molecule has 3 aliphatic rings. The van der Waals surface area contributed by atoms with Crippen molar-refractivity contribution in [2.75, 3.05) is 44.2 Å². The van der Waals surface area contributed by atoms with Crippen molar-refractivity contribution in [3.8, 4) is 11.1 Å². The first-order chi connectivity index (χ1) is 18.7. The highest BCUT2D eigenvalue weighted by Crippen LogP contribution is 2.49. The average Bonchev–Trinajstić information content (AvgIpc) is 3.70. The summed E-state index contributed by atoms with van der Waals surface area (Å²) in [4.78, 5) is 18.8. The first kappa shape index (κ1) is 26.2. The zero-order valence-corrected chi connectivity index (χ0v) is 22.6. The Morgan fingerprint density at radius 1 is 0.949 bits per heavy atom. The molecule has 1 saturated carbocycles. The van der Waals surface area contributed by atoms with Crippen molar-refractivity contribution < 1.29 is 18.0 Å². The van der Waals surface area contributed by atoms with Crippen LogP contribution in [-0.2, 0) is 10.2 Å². The van der Waals surface area contributed by atoms with E-state index in [9.17, 15) is 18.0 Å². The summed E-state index contributed by atoms with van der Waals surface area (Å²) in [5.74, 6) is 0.531. The summed E-state index contributed by atoms with van der Waals surface area (Å²) < 4.78 is 45.2. The van der Waals surface area contributed by atoms with Gasteiger partial charge >= 0.3 is 6.18 Å². The number of piperidine rings is 1. The van der Waals surface area contributed by atoms with E-state index in [4.69, 9.17) is 0 Å². The van der Waals surface area contributed by atoms with Crippen molar-refractivity contribution in [2.24, 2.45) is 5.92 Å². The van der Waals surface area contributed by atoms with E-state index in [1.165, 1.54) is 0 Å². The lowest BCUT2D eigenvalue weighted by atomic mass is 9.71. The van der Waals surface area contributed by atoms with Crippen molar-refractivity contribution in [2.45, 2.75) is 57.2 Å². The highest BCUT2D eigenvalue weighted by molar-refractivity contribution is 5.82. The van der Waals surface area contributed by atoms with E-state index in [0.29, 0.717) is 37.6 Å². The van der Waals surface area contributed by atoms with Crippen molar-refractivity contribution in [3.05, 3.63) is 54.4 Å². The third-order valence-electron chi connectivity index (χ3n) is 9.04. The number of carbonyl (C=O) groups excluding carboxylic acids is 1. The molecular formula is C30H36F3N5O. The molecule has 2 saturated heterocycles. The lowest BCUT2D eigenvalue weighted by Gasteiger charge is -2.44. The van der Waals surface area contributed by atoms with Crippen LogP contribution in [0.15, 0.2) is 48.8 Å². The molecule has 0 bridgehead atoms. The lowest BCUT2D eigenvalue weighted by molar-refractivity contribution is -0.203. The minimum absolute atomic E-state index is 0.0803. The summed E-state index contributed by atoms with van der Waals surface area (Å²) >= 11 is 0. The predicted molar refractivity (Wildman–Crippen MR) is 146 cm³/mol. The minimum Gasteiger partial charge on any atom is -0.366 e. The number of halogens is 3. The van der Waals surface area contributed by atoms with Gasteiger partial charge in [0.05, 0.1) is 16.6 Å². The number of hydrogen-bond acceptors (Lipinski definition) is 4. The average molecular weight is 540 g/mol. The second kappa shape index (κ2) is 9.84. The number of carbonyl (C=O) groups is 1. The summed E-state index contributed by atoms with van der Waals surface area (Å²) in [5.41, 5.74) is 2.33. The van der Waals surface area contributed by atoms with Gasteiger partial charge in [-0.15, -0.1) is 0 Å². The number of nitrogens with zero attached hydrogens (tertiary/aromatic N) is 5. The normalized spacial score (nSPS) is 20.7. The van der Waals surface area contributed by atoms with Crippen molar-refractivity contribution in [1.29, 1.82) is 0 Å². The number of piperazine rings is 1. The summed E-state index contributed by atoms with van der Waals surface area (Å²) in [7, 11) is 0. The second-order valence-electron chi connectivity index (χ2n) is 11.6. The van der Waals surface area contributed by atoms with E-state index in [0.717, 1.165) is 48.3 Å². The maximum Gasteiger partial charge on any atom is 0.398 e. The fourth-order valence-corrected chi connectivity index (χ4v) is 6.32. The van der Waals surface area contributed by atoms with E-state index in [2.05, 4.69) is 21.0 Å². The molecule has 3 aromatic rings. The third-order valence-corrected chi connectivity index (χ3v) is 9.04.